The molecule has 0 aliphatic carbocycles. The number of ketones is 1. The van der Waals surface area contributed by atoms with E-state index in [0.717, 1.165) is 27.1 Å². The van der Waals surface area contributed by atoms with Gasteiger partial charge in [-0.2, -0.15) is 0 Å². The summed E-state index contributed by atoms with van der Waals surface area (Å²) >= 11 is 1.68. The molecule has 2 aromatic carbocycles. The molecular weight excluding hydrogens is 280 g/mol. The molecule has 0 saturated heterocycles. The Morgan fingerprint density at radius 3 is 2.52 bits per heavy atom. The zero-order valence-corrected chi connectivity index (χ0v) is 12.9. The van der Waals surface area contributed by atoms with Crippen LogP contribution >= 0.6 is 11.3 Å². The van der Waals surface area contributed by atoms with Gasteiger partial charge >= 0.3 is 0 Å². The fourth-order valence-electron chi connectivity index (χ4n) is 2.53. The average Bonchev–Trinajstić information content (AvgIpc) is 2.83. The largest absolute Gasteiger partial charge is 0.497 e. The molecule has 0 saturated carbocycles. The Morgan fingerprint density at radius 2 is 1.81 bits per heavy atom. The lowest BCUT2D eigenvalue weighted by Gasteiger charge is -2.04. The third kappa shape index (κ3) is 2.69. The molecule has 3 aromatic rings. The second-order valence-electron chi connectivity index (χ2n) is 4.98. The molecule has 0 amide bonds. The van der Waals surface area contributed by atoms with Crippen molar-refractivity contribution in [2.45, 2.75) is 13.3 Å². The van der Waals surface area contributed by atoms with Crippen molar-refractivity contribution in [3.63, 3.8) is 0 Å². The Morgan fingerprint density at radius 1 is 1.10 bits per heavy atom. The van der Waals surface area contributed by atoms with Crippen molar-refractivity contribution in [1.82, 2.24) is 0 Å². The molecule has 106 valence electrons. The van der Waals surface area contributed by atoms with Crippen LogP contribution in [0.15, 0.2) is 48.5 Å². The summed E-state index contributed by atoms with van der Waals surface area (Å²) in [5.74, 6) is 0.985. The summed E-state index contributed by atoms with van der Waals surface area (Å²) in [6, 6.07) is 15.8. The predicted octanol–water partition coefficient (Wildman–Crippen LogP) is 4.64. The number of carbonyl (C=O) groups excluding carboxylic acids is 1. The summed E-state index contributed by atoms with van der Waals surface area (Å²) in [5, 5.41) is 1.07. The number of fused-ring (bicyclic) bond motifs is 1. The Hall–Kier alpha value is -2.13. The van der Waals surface area contributed by atoms with Crippen molar-refractivity contribution in [2.75, 3.05) is 7.11 Å². The molecule has 0 fully saturated rings. The van der Waals surface area contributed by atoms with Gasteiger partial charge in [-0.3, -0.25) is 4.79 Å². The lowest BCUT2D eigenvalue weighted by Crippen LogP contribution is -2.04. The summed E-state index contributed by atoms with van der Waals surface area (Å²) in [6.07, 6.45) is 0.422. The van der Waals surface area contributed by atoms with E-state index in [1.165, 1.54) is 4.70 Å². The highest BCUT2D eigenvalue weighted by molar-refractivity contribution is 7.19. The van der Waals surface area contributed by atoms with E-state index in [1.807, 2.05) is 49.4 Å². The molecule has 1 heterocycles. The van der Waals surface area contributed by atoms with Gasteiger partial charge in [-0.25, -0.2) is 0 Å². The molecule has 3 heteroatoms. The maximum Gasteiger partial charge on any atom is 0.168 e. The summed E-state index contributed by atoms with van der Waals surface area (Å²) in [7, 11) is 1.64. The third-order valence-electron chi connectivity index (χ3n) is 3.57. The van der Waals surface area contributed by atoms with Crippen molar-refractivity contribution < 1.29 is 9.53 Å². The fraction of sp³-hybridized carbons (Fsp3) is 0.167. The van der Waals surface area contributed by atoms with Gasteiger partial charge in [0.2, 0.25) is 0 Å². The van der Waals surface area contributed by atoms with Crippen molar-refractivity contribution in [3.05, 3.63) is 64.5 Å². The van der Waals surface area contributed by atoms with Gasteiger partial charge < -0.3 is 4.74 Å². The van der Waals surface area contributed by atoms with Crippen LogP contribution in [0.1, 0.15) is 20.8 Å². The highest BCUT2D eigenvalue weighted by Crippen LogP contribution is 2.31. The lowest BCUT2D eigenvalue weighted by molar-refractivity contribution is 0.0994. The minimum absolute atomic E-state index is 0.176. The number of benzene rings is 2. The van der Waals surface area contributed by atoms with Crippen LogP contribution < -0.4 is 4.74 Å². The van der Waals surface area contributed by atoms with Crippen molar-refractivity contribution in [3.8, 4) is 5.75 Å². The molecule has 2 nitrogen and oxygen atoms in total. The van der Waals surface area contributed by atoms with E-state index in [0.29, 0.717) is 6.42 Å². The van der Waals surface area contributed by atoms with E-state index in [4.69, 9.17) is 4.74 Å². The topological polar surface area (TPSA) is 26.3 Å². The van der Waals surface area contributed by atoms with E-state index >= 15 is 0 Å². The smallest absolute Gasteiger partial charge is 0.168 e. The first-order valence-electron chi connectivity index (χ1n) is 6.83. The van der Waals surface area contributed by atoms with E-state index in [9.17, 15) is 4.79 Å². The van der Waals surface area contributed by atoms with Crippen LogP contribution in [0.25, 0.3) is 10.1 Å². The molecule has 0 atom stereocenters. The molecule has 0 aliphatic heterocycles. The number of Topliss-reactive ketones (excluding diaryl/α,β-unsaturated/α-hetero) is 1. The van der Waals surface area contributed by atoms with Crippen LogP contribution in [-0.4, -0.2) is 12.9 Å². The molecule has 0 N–H and O–H groups in total. The van der Waals surface area contributed by atoms with Crippen LogP contribution in [0.5, 0.6) is 5.75 Å². The van der Waals surface area contributed by atoms with Gasteiger partial charge in [-0.15, -0.1) is 11.3 Å². The minimum atomic E-state index is 0.176. The molecule has 0 bridgehead atoms. The number of rotatable bonds is 4. The van der Waals surface area contributed by atoms with Crippen LogP contribution in [-0.2, 0) is 6.42 Å². The average molecular weight is 296 g/mol. The zero-order valence-electron chi connectivity index (χ0n) is 12.1. The summed E-state index contributed by atoms with van der Waals surface area (Å²) in [6.45, 7) is 2.02. The molecule has 0 aliphatic rings. The van der Waals surface area contributed by atoms with Gasteiger partial charge in [0, 0.05) is 26.9 Å². The first kappa shape index (κ1) is 13.8. The number of carbonyl (C=O) groups is 1. The van der Waals surface area contributed by atoms with Crippen LogP contribution in [0, 0.1) is 6.92 Å². The van der Waals surface area contributed by atoms with Crippen LogP contribution in [0.4, 0.5) is 0 Å². The van der Waals surface area contributed by atoms with Gasteiger partial charge in [0.25, 0.3) is 0 Å². The summed E-state index contributed by atoms with van der Waals surface area (Å²) in [4.78, 5) is 13.7. The lowest BCUT2D eigenvalue weighted by atomic mass is 10.0. The summed E-state index contributed by atoms with van der Waals surface area (Å²) in [5.41, 5.74) is 1.88. The first-order valence-corrected chi connectivity index (χ1v) is 7.65. The second kappa shape index (κ2) is 5.70. The molecule has 1 aromatic heterocycles. The Balaban J connectivity index is 1.91. The second-order valence-corrected chi connectivity index (χ2v) is 6.23. The molecule has 0 spiro atoms. The van der Waals surface area contributed by atoms with Crippen LogP contribution in [0.3, 0.4) is 0 Å². The normalized spacial score (nSPS) is 10.8. The Bertz CT molecular complexity index is 785. The van der Waals surface area contributed by atoms with E-state index in [1.54, 1.807) is 18.4 Å². The first-order chi connectivity index (χ1) is 10.2. The monoisotopic (exact) mass is 296 g/mol. The summed E-state index contributed by atoms with van der Waals surface area (Å²) < 4.78 is 6.31. The highest BCUT2D eigenvalue weighted by Gasteiger charge is 2.16. The number of hydrogen-bond acceptors (Lipinski definition) is 3. The maximum atomic E-state index is 12.6. The Kier molecular flexibility index (Phi) is 3.76. The predicted molar refractivity (Wildman–Crippen MR) is 87.6 cm³/mol. The van der Waals surface area contributed by atoms with Crippen molar-refractivity contribution in [2.24, 2.45) is 0 Å². The fourth-order valence-corrected chi connectivity index (χ4v) is 3.61. The number of methoxy groups -OCH3 is 1. The molecule has 0 unspecified atom stereocenters. The molecular formula is C18H16O2S. The third-order valence-corrected chi connectivity index (χ3v) is 4.66. The zero-order chi connectivity index (χ0) is 14.8. The van der Waals surface area contributed by atoms with Gasteiger partial charge in [-0.05, 0) is 30.7 Å². The van der Waals surface area contributed by atoms with Gasteiger partial charge in [0.15, 0.2) is 5.78 Å². The van der Waals surface area contributed by atoms with E-state index < -0.39 is 0 Å². The van der Waals surface area contributed by atoms with Crippen LogP contribution in [0.2, 0.25) is 0 Å². The number of thiophene rings is 1. The van der Waals surface area contributed by atoms with Crippen molar-refractivity contribution in [1.29, 1.82) is 0 Å². The van der Waals surface area contributed by atoms with E-state index in [2.05, 4.69) is 6.07 Å². The molecule has 21 heavy (non-hydrogen) atoms. The maximum absolute atomic E-state index is 12.6. The van der Waals surface area contributed by atoms with Crippen molar-refractivity contribution >= 4 is 27.2 Å². The van der Waals surface area contributed by atoms with Gasteiger partial charge in [0.1, 0.15) is 5.75 Å². The number of ether oxygens (including phenoxy) is 1. The quantitative estimate of drug-likeness (QED) is 0.655. The SMILES string of the molecule is COc1ccc(CC(=O)c2c(C)sc3ccccc23)cc1. The number of aryl methyl sites for hydroxylation is 1. The standard InChI is InChI=1S/C18H16O2S/c1-12-18(15-5-3-4-6-17(15)21-12)16(19)11-13-7-9-14(20-2)10-8-13/h3-10H,11H2,1-2H3. The molecule has 0 radical (unpaired) electrons. The van der Waals surface area contributed by atoms with Gasteiger partial charge in [0.05, 0.1) is 7.11 Å². The van der Waals surface area contributed by atoms with Gasteiger partial charge in [-0.1, -0.05) is 30.3 Å². The molecule has 3 rings (SSSR count). The Labute approximate surface area is 128 Å². The highest BCUT2D eigenvalue weighted by atomic mass is 32.1. The number of hydrogen-bond donors (Lipinski definition) is 0. The minimum Gasteiger partial charge on any atom is -0.497 e. The van der Waals surface area contributed by atoms with E-state index in [-0.39, 0.29) is 5.78 Å².